The number of rotatable bonds is 8. The molecule has 1 aromatic carbocycles. The van der Waals surface area contributed by atoms with E-state index in [-0.39, 0.29) is 25.0 Å². The molecule has 12 heteroatoms. The van der Waals surface area contributed by atoms with Gasteiger partial charge in [-0.3, -0.25) is 14.4 Å². The number of likely N-dealkylation sites (tertiary alicyclic amines) is 1. The number of benzene rings is 1. The number of hydrogen-bond donors (Lipinski definition) is 1. The predicted molar refractivity (Wildman–Crippen MR) is 153 cm³/mol. The third-order valence-corrected chi connectivity index (χ3v) is 7.58. The minimum absolute atomic E-state index is 0.132. The Morgan fingerprint density at radius 3 is 2.40 bits per heavy atom. The highest BCUT2D eigenvalue weighted by molar-refractivity contribution is 6.04. The fraction of sp³-hybridized carbons (Fsp3) is 0.667. The smallest absolute Gasteiger partial charge is 0.410 e. The normalized spacial score (nSPS) is 23.5. The molecule has 0 unspecified atom stereocenters. The first-order chi connectivity index (χ1) is 19.7. The van der Waals surface area contributed by atoms with E-state index in [2.05, 4.69) is 0 Å². The van der Waals surface area contributed by atoms with Gasteiger partial charge in [0.15, 0.2) is 5.60 Å². The van der Waals surface area contributed by atoms with E-state index >= 15 is 0 Å². The molecule has 0 spiro atoms. The van der Waals surface area contributed by atoms with E-state index in [4.69, 9.17) is 18.9 Å². The first-order valence-corrected chi connectivity index (χ1v) is 14.5. The van der Waals surface area contributed by atoms with E-state index in [0.717, 1.165) is 12.8 Å². The molecule has 42 heavy (non-hydrogen) atoms. The highest BCUT2D eigenvalue weighted by atomic mass is 16.6. The molecule has 2 aliphatic heterocycles. The van der Waals surface area contributed by atoms with E-state index in [0.29, 0.717) is 36.9 Å². The van der Waals surface area contributed by atoms with Crippen molar-refractivity contribution in [1.29, 1.82) is 0 Å². The number of piperidine rings is 1. The van der Waals surface area contributed by atoms with Gasteiger partial charge in [0.1, 0.15) is 17.3 Å². The summed E-state index contributed by atoms with van der Waals surface area (Å²) in [6.45, 7) is 11.3. The lowest BCUT2D eigenvalue weighted by Gasteiger charge is -2.42. The number of carbonyl (C=O) groups excluding carboxylic acids is 4. The summed E-state index contributed by atoms with van der Waals surface area (Å²) < 4.78 is 21.9. The van der Waals surface area contributed by atoms with Gasteiger partial charge in [0.25, 0.3) is 5.91 Å². The number of nitrogens with zero attached hydrogens (tertiary/aromatic N) is 3. The average Bonchev–Trinajstić information content (AvgIpc) is 3.75. The van der Waals surface area contributed by atoms with Crippen molar-refractivity contribution in [3.63, 3.8) is 0 Å². The van der Waals surface area contributed by atoms with Crippen LogP contribution in [0.5, 0.6) is 5.75 Å². The lowest BCUT2D eigenvalue weighted by molar-refractivity contribution is -0.156. The van der Waals surface area contributed by atoms with Crippen molar-refractivity contribution in [2.45, 2.75) is 77.7 Å². The maximum absolute atomic E-state index is 14.2. The molecular formula is C30H43N3O9. The third-order valence-electron chi connectivity index (χ3n) is 7.58. The number of aliphatic hydroxyl groups excluding tert-OH is 1. The van der Waals surface area contributed by atoms with Crippen LogP contribution in [-0.2, 0) is 28.6 Å². The third kappa shape index (κ3) is 6.64. The van der Waals surface area contributed by atoms with E-state index in [1.165, 1.54) is 12.0 Å². The van der Waals surface area contributed by atoms with Crippen LogP contribution in [0.2, 0.25) is 0 Å². The fourth-order valence-corrected chi connectivity index (χ4v) is 5.37. The van der Waals surface area contributed by atoms with E-state index in [1.54, 1.807) is 62.6 Å². The number of hydrogen-bond acceptors (Lipinski definition) is 9. The van der Waals surface area contributed by atoms with Crippen LogP contribution in [0.3, 0.4) is 0 Å². The van der Waals surface area contributed by atoms with Gasteiger partial charge in [-0.25, -0.2) is 4.79 Å². The number of ether oxygens (including phenoxy) is 4. The van der Waals surface area contributed by atoms with Crippen LogP contribution in [0.1, 0.15) is 54.4 Å². The molecule has 1 saturated carbocycles. The van der Waals surface area contributed by atoms with Crippen molar-refractivity contribution in [2.24, 2.45) is 11.8 Å². The lowest BCUT2D eigenvalue weighted by Crippen LogP contribution is -2.59. The number of anilines is 2. The Labute approximate surface area is 246 Å². The maximum atomic E-state index is 14.2. The average molecular weight is 590 g/mol. The van der Waals surface area contributed by atoms with Crippen LogP contribution in [-0.4, -0.2) is 97.2 Å². The number of methoxy groups -OCH3 is 1. The van der Waals surface area contributed by atoms with Crippen molar-refractivity contribution in [2.75, 3.05) is 49.8 Å². The second-order valence-electron chi connectivity index (χ2n) is 12.5. The van der Waals surface area contributed by atoms with Crippen molar-refractivity contribution in [3.8, 4) is 5.75 Å². The summed E-state index contributed by atoms with van der Waals surface area (Å²) in [5.74, 6) is -3.12. The van der Waals surface area contributed by atoms with Gasteiger partial charge in [-0.15, -0.1) is 0 Å². The molecule has 1 aliphatic carbocycles. The standard InChI is InChI=1S/C30H43N3O9/c1-8-40-14-13-32-22-15-19(11-12-23(22)41-30(5,6)27(32)37)33(18-9-10-18)25(35)20-16-31(28(38)42-29(2,3)4)17-21(24(20)34)26(36)39-7/h11-12,15,18,20-21,24,34H,8-10,13-14,16-17H2,1-7H3/t20-,21+,24-/m0/s1. The highest BCUT2D eigenvalue weighted by Gasteiger charge is 2.49. The number of esters is 1. The first kappa shape index (κ1) is 31.6. The highest BCUT2D eigenvalue weighted by Crippen LogP contribution is 2.43. The zero-order valence-electron chi connectivity index (χ0n) is 25.5. The topological polar surface area (TPSA) is 135 Å². The predicted octanol–water partition coefficient (Wildman–Crippen LogP) is 2.74. The molecule has 12 nitrogen and oxygen atoms in total. The summed E-state index contributed by atoms with van der Waals surface area (Å²) in [5, 5.41) is 11.3. The number of fused-ring (bicyclic) bond motifs is 1. The van der Waals surface area contributed by atoms with E-state index < -0.39 is 47.1 Å². The van der Waals surface area contributed by atoms with Gasteiger partial charge in [0.2, 0.25) is 5.91 Å². The van der Waals surface area contributed by atoms with E-state index in [1.807, 2.05) is 6.92 Å². The van der Waals surface area contributed by atoms with Gasteiger partial charge in [-0.1, -0.05) is 0 Å². The molecule has 1 saturated heterocycles. The van der Waals surface area contributed by atoms with Crippen LogP contribution >= 0.6 is 0 Å². The summed E-state index contributed by atoms with van der Waals surface area (Å²) in [4.78, 5) is 57.7. The lowest BCUT2D eigenvalue weighted by atomic mass is 9.84. The molecule has 1 N–H and O–H groups in total. The number of carbonyl (C=O) groups is 4. The quantitative estimate of drug-likeness (QED) is 0.359. The molecular weight excluding hydrogens is 546 g/mol. The molecule has 4 rings (SSSR count). The summed E-state index contributed by atoms with van der Waals surface area (Å²) in [6.07, 6.45) is -0.566. The first-order valence-electron chi connectivity index (χ1n) is 14.5. The molecule has 3 amide bonds. The molecule has 0 aromatic heterocycles. The molecule has 3 atom stereocenters. The van der Waals surface area contributed by atoms with Crippen molar-refractivity contribution >= 4 is 35.3 Å². The van der Waals surface area contributed by atoms with Gasteiger partial charge in [0.05, 0.1) is 31.4 Å². The molecule has 0 bridgehead atoms. The summed E-state index contributed by atoms with van der Waals surface area (Å²) >= 11 is 0. The number of amides is 3. The summed E-state index contributed by atoms with van der Waals surface area (Å²) in [7, 11) is 1.20. The van der Waals surface area contributed by atoms with Crippen LogP contribution in [0.15, 0.2) is 18.2 Å². The fourth-order valence-electron chi connectivity index (χ4n) is 5.37. The maximum Gasteiger partial charge on any atom is 0.410 e. The van der Waals surface area contributed by atoms with Crippen LogP contribution in [0.4, 0.5) is 16.2 Å². The van der Waals surface area contributed by atoms with Crippen molar-refractivity contribution in [3.05, 3.63) is 18.2 Å². The summed E-state index contributed by atoms with van der Waals surface area (Å²) in [6, 6.07) is 5.09. The Hall–Kier alpha value is -3.38. The Balaban J connectivity index is 1.68. The Kier molecular flexibility index (Phi) is 9.08. The second kappa shape index (κ2) is 12.1. The minimum Gasteiger partial charge on any atom is -0.476 e. The second-order valence-corrected chi connectivity index (χ2v) is 12.5. The molecule has 3 aliphatic rings. The monoisotopic (exact) mass is 589 g/mol. The van der Waals surface area contributed by atoms with Gasteiger partial charge in [-0.2, -0.15) is 0 Å². The summed E-state index contributed by atoms with van der Waals surface area (Å²) in [5.41, 5.74) is -0.831. The Bertz CT molecular complexity index is 1210. The van der Waals surface area contributed by atoms with Gasteiger partial charge >= 0.3 is 12.1 Å². The number of aliphatic hydroxyl groups is 1. The van der Waals surface area contributed by atoms with Gasteiger partial charge in [0, 0.05) is 38.0 Å². The van der Waals surface area contributed by atoms with Gasteiger partial charge in [-0.05, 0) is 72.6 Å². The Morgan fingerprint density at radius 2 is 1.81 bits per heavy atom. The van der Waals surface area contributed by atoms with Crippen LogP contribution in [0.25, 0.3) is 0 Å². The van der Waals surface area contributed by atoms with Crippen molar-refractivity contribution in [1.82, 2.24) is 4.90 Å². The van der Waals surface area contributed by atoms with Crippen LogP contribution in [0, 0.1) is 11.8 Å². The van der Waals surface area contributed by atoms with Gasteiger partial charge < -0.3 is 38.8 Å². The molecule has 1 aromatic rings. The van der Waals surface area contributed by atoms with Crippen LogP contribution < -0.4 is 14.5 Å². The SMILES string of the molecule is CCOCCN1C(=O)C(C)(C)Oc2ccc(N(C(=O)[C@H]3CN(C(=O)OC(C)(C)C)C[C@@H](C(=O)OC)[C@H]3O)C3CC3)cc21. The Morgan fingerprint density at radius 1 is 1.14 bits per heavy atom. The van der Waals surface area contributed by atoms with E-state index in [9.17, 15) is 24.3 Å². The van der Waals surface area contributed by atoms with Crippen molar-refractivity contribution < 1.29 is 43.2 Å². The molecule has 2 fully saturated rings. The largest absolute Gasteiger partial charge is 0.476 e. The molecule has 232 valence electrons. The molecule has 2 heterocycles. The minimum atomic E-state index is -1.38. The zero-order valence-corrected chi connectivity index (χ0v) is 25.5. The molecule has 0 radical (unpaired) electrons. The zero-order chi connectivity index (χ0) is 31.0.